The Bertz CT molecular complexity index is 1980. The average molecular weight is 562 g/mol. The van der Waals surface area contributed by atoms with Crippen LogP contribution in [0.5, 0.6) is 0 Å². The van der Waals surface area contributed by atoms with E-state index in [0.29, 0.717) is 5.96 Å². The highest BCUT2D eigenvalue weighted by Gasteiger charge is 2.36. The molecule has 3 heteroatoms. The van der Waals surface area contributed by atoms with Crippen LogP contribution in [0.1, 0.15) is 69.8 Å². The Morgan fingerprint density at radius 1 is 0.651 bits per heavy atom. The van der Waals surface area contributed by atoms with Crippen molar-refractivity contribution in [3.05, 3.63) is 144 Å². The first-order chi connectivity index (χ1) is 20.9. The van der Waals surface area contributed by atoms with E-state index in [0.717, 1.165) is 27.9 Å². The molecule has 1 aromatic heterocycles. The third-order valence-corrected chi connectivity index (χ3v) is 8.63. The molecule has 5 aromatic carbocycles. The van der Waals surface area contributed by atoms with Gasteiger partial charge in [0.05, 0.1) is 17.1 Å². The Labute approximate surface area is 255 Å². The fourth-order valence-electron chi connectivity index (χ4n) is 6.39. The van der Waals surface area contributed by atoms with Crippen LogP contribution in [-0.4, -0.2) is 16.2 Å². The molecule has 0 bridgehead atoms. The van der Waals surface area contributed by atoms with Crippen molar-refractivity contribution in [1.82, 2.24) is 4.57 Å². The molecular formula is C40H39N3. The van der Waals surface area contributed by atoms with Crippen LogP contribution in [0.25, 0.3) is 32.9 Å². The maximum atomic E-state index is 5.32. The van der Waals surface area contributed by atoms with E-state index >= 15 is 0 Å². The lowest BCUT2D eigenvalue weighted by Gasteiger charge is -2.21. The second-order valence-electron chi connectivity index (χ2n) is 11.5. The first-order valence-electron chi connectivity index (χ1n) is 15.3. The lowest BCUT2D eigenvalue weighted by molar-refractivity contribution is 0.661. The molecule has 214 valence electrons. The molecule has 0 spiro atoms. The van der Waals surface area contributed by atoms with Gasteiger partial charge in [-0.05, 0) is 65.4 Å². The highest BCUT2D eigenvalue weighted by molar-refractivity contribution is 6.17. The number of rotatable bonds is 3. The molecule has 1 aliphatic carbocycles. The summed E-state index contributed by atoms with van der Waals surface area (Å²) in [7, 11) is 0. The number of hydrogen-bond acceptors (Lipinski definition) is 1. The number of aromatic nitrogens is 1. The van der Waals surface area contributed by atoms with Crippen LogP contribution in [-0.2, 0) is 5.41 Å². The smallest absolute Gasteiger partial charge is 0.230 e. The summed E-state index contributed by atoms with van der Waals surface area (Å²) in [6, 6.07) is 43.0. The van der Waals surface area contributed by atoms with E-state index in [9.17, 15) is 0 Å². The van der Waals surface area contributed by atoms with Crippen LogP contribution in [0.2, 0.25) is 0 Å². The quantitative estimate of drug-likeness (QED) is 0.152. The molecule has 0 N–H and O–H groups in total. The van der Waals surface area contributed by atoms with Gasteiger partial charge in [0.2, 0.25) is 5.96 Å². The fraction of sp³-hybridized carbons (Fsp3) is 0.200. The van der Waals surface area contributed by atoms with Crippen molar-refractivity contribution in [1.29, 1.82) is 0 Å². The third-order valence-electron chi connectivity index (χ3n) is 8.63. The molecule has 0 amide bonds. The molecule has 43 heavy (non-hydrogen) atoms. The minimum atomic E-state index is -0.0980. The molecule has 0 fully saturated rings. The number of aliphatic imine (C=N–C) groups is 2. The number of nitrogens with zero attached hydrogens (tertiary/aromatic N) is 3. The van der Waals surface area contributed by atoms with E-state index in [1.165, 1.54) is 33.0 Å². The van der Waals surface area contributed by atoms with Crippen molar-refractivity contribution >= 4 is 33.5 Å². The average Bonchev–Trinajstić information content (AvgIpc) is 3.50. The van der Waals surface area contributed by atoms with Gasteiger partial charge in [-0.15, -0.1) is 0 Å². The number of hydrogen-bond donors (Lipinski definition) is 0. The fourth-order valence-corrected chi connectivity index (χ4v) is 6.39. The highest BCUT2D eigenvalue weighted by atomic mass is 15.2. The van der Waals surface area contributed by atoms with E-state index in [4.69, 9.17) is 9.98 Å². The zero-order chi connectivity index (χ0) is 30.1. The Balaban J connectivity index is 0.00000161. The van der Waals surface area contributed by atoms with Gasteiger partial charge in [0.25, 0.3) is 0 Å². The zero-order valence-corrected chi connectivity index (χ0v) is 26.0. The maximum absolute atomic E-state index is 5.32. The van der Waals surface area contributed by atoms with Gasteiger partial charge in [0.15, 0.2) is 0 Å². The standard InChI is InChI=1S/C38H33N3.C2H6/c1-25(27-15-7-5-8-16-27)39-37(40-26(2)28-17-9-6-10-18-28)41-35-22-14-12-20-30(35)32-23-31-29-19-11-13-21-33(29)38(3,4)34(31)24-36(32)41;1-2/h5-25H,1-4H3;1-2H3/b39-37?,40-26+;. The van der Waals surface area contributed by atoms with Gasteiger partial charge >= 0.3 is 0 Å². The maximum Gasteiger partial charge on any atom is 0.230 e. The van der Waals surface area contributed by atoms with E-state index in [2.05, 4.69) is 141 Å². The minimum absolute atomic E-state index is 0.0649. The Kier molecular flexibility index (Phi) is 7.58. The molecule has 6 aromatic rings. The SMILES string of the molecule is C/C(=N\C(=NC(C)c1ccccc1)n1c2ccccc2c2cc3c(cc21)C(C)(C)c1ccccc1-3)c1ccccc1.CC. The minimum Gasteiger partial charge on any atom is -0.278 e. The highest BCUT2D eigenvalue weighted by Crippen LogP contribution is 2.50. The summed E-state index contributed by atoms with van der Waals surface area (Å²) in [5.41, 5.74) is 10.7. The van der Waals surface area contributed by atoms with Crippen molar-refractivity contribution in [2.75, 3.05) is 0 Å². The molecule has 0 aliphatic heterocycles. The topological polar surface area (TPSA) is 29.6 Å². The van der Waals surface area contributed by atoms with E-state index < -0.39 is 0 Å². The molecular weight excluding hydrogens is 522 g/mol. The molecule has 7 rings (SSSR count). The lowest BCUT2D eigenvalue weighted by Crippen LogP contribution is -2.16. The molecule has 0 radical (unpaired) electrons. The van der Waals surface area contributed by atoms with Gasteiger partial charge in [-0.3, -0.25) is 4.57 Å². The molecule has 1 aliphatic rings. The molecule has 0 saturated heterocycles. The largest absolute Gasteiger partial charge is 0.278 e. The Hall–Kier alpha value is -4.76. The summed E-state index contributed by atoms with van der Waals surface area (Å²) in [6.07, 6.45) is 0. The normalized spacial score (nSPS) is 14.7. The van der Waals surface area contributed by atoms with Crippen molar-refractivity contribution < 1.29 is 0 Å². The third kappa shape index (κ3) is 4.89. The summed E-state index contributed by atoms with van der Waals surface area (Å²) in [6.45, 7) is 12.9. The summed E-state index contributed by atoms with van der Waals surface area (Å²) in [5.74, 6) is 0.696. The van der Waals surface area contributed by atoms with Crippen molar-refractivity contribution in [2.24, 2.45) is 9.98 Å². The van der Waals surface area contributed by atoms with Gasteiger partial charge in [0.1, 0.15) is 0 Å². The van der Waals surface area contributed by atoms with E-state index in [1.54, 1.807) is 0 Å². The molecule has 1 heterocycles. The predicted octanol–water partition coefficient (Wildman–Crippen LogP) is 10.6. The van der Waals surface area contributed by atoms with Crippen molar-refractivity contribution in [2.45, 2.75) is 53.0 Å². The van der Waals surface area contributed by atoms with Gasteiger partial charge in [-0.2, -0.15) is 0 Å². The van der Waals surface area contributed by atoms with Crippen LogP contribution in [0, 0.1) is 0 Å². The second kappa shape index (κ2) is 11.5. The van der Waals surface area contributed by atoms with Crippen LogP contribution >= 0.6 is 0 Å². The van der Waals surface area contributed by atoms with Gasteiger partial charge in [-0.25, -0.2) is 9.98 Å². The number of fused-ring (bicyclic) bond motifs is 6. The molecule has 0 saturated carbocycles. The van der Waals surface area contributed by atoms with Gasteiger partial charge in [0, 0.05) is 21.9 Å². The van der Waals surface area contributed by atoms with E-state index in [1.807, 2.05) is 26.0 Å². The van der Waals surface area contributed by atoms with Crippen molar-refractivity contribution in [3.8, 4) is 11.1 Å². The zero-order valence-electron chi connectivity index (χ0n) is 26.0. The Morgan fingerprint density at radius 3 is 2.02 bits per heavy atom. The van der Waals surface area contributed by atoms with Crippen LogP contribution in [0.15, 0.2) is 131 Å². The lowest BCUT2D eigenvalue weighted by atomic mass is 9.82. The summed E-state index contributed by atoms with van der Waals surface area (Å²) >= 11 is 0. The second-order valence-corrected chi connectivity index (χ2v) is 11.5. The first-order valence-corrected chi connectivity index (χ1v) is 15.3. The Morgan fingerprint density at radius 2 is 1.28 bits per heavy atom. The molecule has 3 nitrogen and oxygen atoms in total. The summed E-state index contributed by atoms with van der Waals surface area (Å²) in [4.78, 5) is 10.6. The van der Waals surface area contributed by atoms with Crippen LogP contribution in [0.4, 0.5) is 0 Å². The number of para-hydroxylation sites is 1. The van der Waals surface area contributed by atoms with Gasteiger partial charge < -0.3 is 0 Å². The molecule has 1 atom stereocenters. The predicted molar refractivity (Wildman–Crippen MR) is 185 cm³/mol. The van der Waals surface area contributed by atoms with E-state index in [-0.39, 0.29) is 11.5 Å². The van der Waals surface area contributed by atoms with Crippen LogP contribution < -0.4 is 0 Å². The monoisotopic (exact) mass is 561 g/mol. The number of benzene rings is 5. The molecule has 1 unspecified atom stereocenters. The van der Waals surface area contributed by atoms with Crippen LogP contribution in [0.3, 0.4) is 0 Å². The summed E-state index contributed by atoms with van der Waals surface area (Å²) in [5, 5.41) is 2.43. The van der Waals surface area contributed by atoms with Crippen molar-refractivity contribution in [3.63, 3.8) is 0 Å². The summed E-state index contributed by atoms with van der Waals surface area (Å²) < 4.78 is 2.27. The van der Waals surface area contributed by atoms with Gasteiger partial charge in [-0.1, -0.05) is 131 Å². The first kappa shape index (κ1) is 28.4.